The Morgan fingerprint density at radius 1 is 0.851 bits per heavy atom. The van der Waals surface area contributed by atoms with Crippen LogP contribution in [0.1, 0.15) is 55.0 Å². The average Bonchev–Trinajstić information content (AvgIpc) is 3.58. The van der Waals surface area contributed by atoms with Crippen molar-refractivity contribution >= 4 is 40.4 Å². The number of aromatic nitrogens is 1. The van der Waals surface area contributed by atoms with Crippen LogP contribution in [0.2, 0.25) is 0 Å². The maximum Gasteiger partial charge on any atom is 0.262 e. The molecule has 2 N–H and O–H groups in total. The summed E-state index contributed by atoms with van der Waals surface area (Å²) in [6, 6.07) is 27.6. The number of methoxy groups -OCH3 is 1. The van der Waals surface area contributed by atoms with Crippen molar-refractivity contribution in [3.05, 3.63) is 125 Å². The molecule has 10 heteroatoms. The van der Waals surface area contributed by atoms with Crippen molar-refractivity contribution in [1.82, 2.24) is 20.1 Å². The minimum Gasteiger partial charge on any atom is -0.497 e. The van der Waals surface area contributed by atoms with E-state index in [4.69, 9.17) is 4.74 Å². The van der Waals surface area contributed by atoms with Gasteiger partial charge in [0.2, 0.25) is 11.8 Å². The van der Waals surface area contributed by atoms with Crippen molar-refractivity contribution < 1.29 is 28.7 Å². The first-order valence-corrected chi connectivity index (χ1v) is 15.2. The maximum atomic E-state index is 13.1. The third-order valence-electron chi connectivity index (χ3n) is 8.72. The van der Waals surface area contributed by atoms with Crippen molar-refractivity contribution in [1.29, 1.82) is 0 Å². The van der Waals surface area contributed by atoms with Gasteiger partial charge in [-0.3, -0.25) is 34.2 Å². The van der Waals surface area contributed by atoms with Crippen molar-refractivity contribution in [2.45, 2.75) is 32.0 Å². The van der Waals surface area contributed by atoms with Crippen LogP contribution in [0.4, 0.5) is 0 Å². The van der Waals surface area contributed by atoms with E-state index in [0.29, 0.717) is 6.54 Å². The highest BCUT2D eigenvalue weighted by Gasteiger charge is 2.44. The molecule has 0 spiro atoms. The van der Waals surface area contributed by atoms with Gasteiger partial charge in [-0.1, -0.05) is 54.6 Å². The largest absolute Gasteiger partial charge is 0.497 e. The number of carbonyl (C=O) groups excluding carboxylic acids is 5. The Balaban J connectivity index is 1.01. The number of nitrogens with zero attached hydrogens (tertiary/aromatic N) is 2. The zero-order valence-electron chi connectivity index (χ0n) is 25.5. The summed E-state index contributed by atoms with van der Waals surface area (Å²) in [6.07, 6.45) is 2.27. The molecule has 10 nitrogen and oxygen atoms in total. The number of hydrogen-bond donors (Lipinski definition) is 2. The Morgan fingerprint density at radius 2 is 1.57 bits per heavy atom. The van der Waals surface area contributed by atoms with E-state index < -0.39 is 35.6 Å². The van der Waals surface area contributed by atoms with E-state index in [0.717, 1.165) is 38.4 Å². The van der Waals surface area contributed by atoms with Crippen molar-refractivity contribution in [3.8, 4) is 16.9 Å². The van der Waals surface area contributed by atoms with Gasteiger partial charge in [0.25, 0.3) is 17.7 Å². The zero-order chi connectivity index (χ0) is 32.7. The van der Waals surface area contributed by atoms with Crippen LogP contribution in [0.25, 0.3) is 22.0 Å². The first-order chi connectivity index (χ1) is 22.8. The van der Waals surface area contributed by atoms with E-state index in [9.17, 15) is 24.0 Å². The zero-order valence-corrected chi connectivity index (χ0v) is 25.5. The molecule has 4 aromatic carbocycles. The summed E-state index contributed by atoms with van der Waals surface area (Å²) in [6.45, 7) is 0.931. The van der Waals surface area contributed by atoms with Gasteiger partial charge in [0.05, 0.1) is 18.2 Å². The van der Waals surface area contributed by atoms with E-state index in [-0.39, 0.29) is 36.1 Å². The number of piperidine rings is 1. The van der Waals surface area contributed by atoms with Crippen LogP contribution < -0.4 is 15.4 Å². The monoisotopic (exact) mass is 626 g/mol. The summed E-state index contributed by atoms with van der Waals surface area (Å²) in [7, 11) is 1.66. The van der Waals surface area contributed by atoms with Gasteiger partial charge in [-0.15, -0.1) is 0 Å². The summed E-state index contributed by atoms with van der Waals surface area (Å²) in [5.41, 5.74) is 5.78. The second-order valence-electron chi connectivity index (χ2n) is 11.6. The highest BCUT2D eigenvalue weighted by atomic mass is 16.5. The molecule has 0 bridgehead atoms. The molecule has 0 aliphatic carbocycles. The Hall–Kier alpha value is -6.03. The lowest BCUT2D eigenvalue weighted by molar-refractivity contribution is -0.136. The van der Waals surface area contributed by atoms with Crippen LogP contribution in [-0.4, -0.2) is 52.2 Å². The number of amides is 5. The van der Waals surface area contributed by atoms with Crippen molar-refractivity contribution in [2.24, 2.45) is 0 Å². The van der Waals surface area contributed by atoms with E-state index in [2.05, 4.69) is 45.7 Å². The molecule has 1 atom stereocenters. The maximum absolute atomic E-state index is 13.1. The molecule has 1 unspecified atom stereocenters. The first kappa shape index (κ1) is 29.7. The first-order valence-electron chi connectivity index (χ1n) is 15.2. The fourth-order valence-corrected chi connectivity index (χ4v) is 6.23. The van der Waals surface area contributed by atoms with E-state index >= 15 is 0 Å². The van der Waals surface area contributed by atoms with Crippen LogP contribution in [0, 0.1) is 0 Å². The number of ether oxygens (including phenoxy) is 1. The molecule has 2 aliphatic rings. The van der Waals surface area contributed by atoms with Gasteiger partial charge in [-0.2, -0.15) is 0 Å². The number of carbonyl (C=O) groups is 5. The highest BCUT2D eigenvalue weighted by molar-refractivity contribution is 6.24. The van der Waals surface area contributed by atoms with Crippen LogP contribution >= 0.6 is 0 Å². The minimum atomic E-state index is -1.06. The van der Waals surface area contributed by atoms with Crippen molar-refractivity contribution in [3.63, 3.8) is 0 Å². The van der Waals surface area contributed by atoms with Gasteiger partial charge >= 0.3 is 0 Å². The van der Waals surface area contributed by atoms with Crippen LogP contribution in [0.5, 0.6) is 5.75 Å². The topological polar surface area (TPSA) is 127 Å². The number of hydrogen-bond acceptors (Lipinski definition) is 6. The molecule has 7 rings (SSSR count). The second kappa shape index (κ2) is 12.1. The molecular formula is C37H30N4O6. The fraction of sp³-hybridized carbons (Fsp3) is 0.162. The van der Waals surface area contributed by atoms with Crippen molar-refractivity contribution in [2.75, 3.05) is 7.11 Å². The van der Waals surface area contributed by atoms with E-state index in [1.807, 2.05) is 48.5 Å². The lowest BCUT2D eigenvalue weighted by Gasteiger charge is -2.27. The summed E-state index contributed by atoms with van der Waals surface area (Å²) >= 11 is 0. The van der Waals surface area contributed by atoms with Crippen LogP contribution in [0.15, 0.2) is 97.2 Å². The standard InChI is InChI=1S/C37H30N4O6/c1-47-26-13-10-24(11-14-26)30-21-40(31-5-3-2-4-27(30)31)20-23-8-6-22(7-9-23)19-38-34(43)25-12-15-28-29(18-25)37(46)41(36(28)45)32-16-17-33(42)39-35(32)44/h2-15,18,21,32H,16-17,19-20H2,1H3,(H,38,43)(H,39,42,44). The Labute approximate surface area is 269 Å². The molecule has 47 heavy (non-hydrogen) atoms. The Kier molecular flexibility index (Phi) is 7.61. The summed E-state index contributed by atoms with van der Waals surface area (Å²) < 4.78 is 7.55. The smallest absolute Gasteiger partial charge is 0.262 e. The number of rotatable bonds is 8. The lowest BCUT2D eigenvalue weighted by Crippen LogP contribution is -2.54. The molecule has 0 radical (unpaired) electrons. The molecule has 0 saturated carbocycles. The Morgan fingerprint density at radius 3 is 2.32 bits per heavy atom. The number of imide groups is 2. The molecule has 1 saturated heterocycles. The third-order valence-corrected chi connectivity index (χ3v) is 8.72. The predicted octanol–water partition coefficient (Wildman–Crippen LogP) is 4.70. The number of nitrogens with one attached hydrogen (secondary N) is 2. The van der Waals surface area contributed by atoms with E-state index in [1.54, 1.807) is 7.11 Å². The molecule has 1 fully saturated rings. The number of para-hydroxylation sites is 1. The fourth-order valence-electron chi connectivity index (χ4n) is 6.23. The molecule has 3 heterocycles. The Bertz CT molecular complexity index is 2080. The van der Waals surface area contributed by atoms with Crippen LogP contribution in [0.3, 0.4) is 0 Å². The normalized spacial score (nSPS) is 15.9. The molecular weight excluding hydrogens is 596 g/mol. The van der Waals surface area contributed by atoms with Crippen LogP contribution in [-0.2, 0) is 22.7 Å². The van der Waals surface area contributed by atoms with Gasteiger partial charge in [-0.25, -0.2) is 0 Å². The van der Waals surface area contributed by atoms with Gasteiger partial charge in [0.15, 0.2) is 0 Å². The minimum absolute atomic E-state index is 0.0349. The quantitative estimate of drug-likeness (QED) is 0.241. The highest BCUT2D eigenvalue weighted by Crippen LogP contribution is 2.32. The molecule has 1 aromatic heterocycles. The summed E-state index contributed by atoms with van der Waals surface area (Å²) in [5.74, 6) is -1.98. The third kappa shape index (κ3) is 5.54. The molecule has 2 aliphatic heterocycles. The van der Waals surface area contributed by atoms with Gasteiger partial charge in [-0.05, 0) is 59.5 Å². The van der Waals surface area contributed by atoms with Gasteiger partial charge < -0.3 is 14.6 Å². The average molecular weight is 627 g/mol. The summed E-state index contributed by atoms with van der Waals surface area (Å²) in [4.78, 5) is 63.8. The molecule has 234 valence electrons. The molecule has 5 amide bonds. The van der Waals surface area contributed by atoms with Gasteiger partial charge in [0.1, 0.15) is 11.8 Å². The number of fused-ring (bicyclic) bond motifs is 2. The second-order valence-corrected chi connectivity index (χ2v) is 11.6. The predicted molar refractivity (Wildman–Crippen MR) is 174 cm³/mol. The lowest BCUT2D eigenvalue weighted by atomic mass is 10.0. The van der Waals surface area contributed by atoms with Gasteiger partial charge in [0, 0.05) is 47.7 Å². The molecule has 5 aromatic rings. The van der Waals surface area contributed by atoms with E-state index in [1.165, 1.54) is 23.6 Å². The summed E-state index contributed by atoms with van der Waals surface area (Å²) in [5, 5.41) is 6.22. The number of benzene rings is 4. The SMILES string of the molecule is COc1ccc(-c2cn(Cc3ccc(CNC(=O)c4ccc5c(c4)C(=O)N(C4CCC(=O)NC4=O)C5=O)cc3)c3ccccc23)cc1.